The molecule has 6 rings (SSSR count). The molecule has 0 unspecified atom stereocenters. The van der Waals surface area contributed by atoms with Crippen LogP contribution in [0, 0.1) is 0 Å². The summed E-state index contributed by atoms with van der Waals surface area (Å²) in [5.74, 6) is 0. The van der Waals surface area contributed by atoms with Gasteiger partial charge in [-0.3, -0.25) is 9.98 Å². The van der Waals surface area contributed by atoms with E-state index in [2.05, 4.69) is 96.6 Å². The zero-order valence-electron chi connectivity index (χ0n) is 17.3. The van der Waals surface area contributed by atoms with Crippen molar-refractivity contribution >= 4 is 78.2 Å². The lowest BCUT2D eigenvalue weighted by Gasteiger charge is -2.18. The molecule has 0 N–H and O–H groups in total. The van der Waals surface area contributed by atoms with Crippen molar-refractivity contribution < 1.29 is 0 Å². The molecule has 0 aromatic heterocycles. The first-order chi connectivity index (χ1) is 15.3. The molecule has 146 valence electrons. The Morgan fingerprint density at radius 3 is 1.77 bits per heavy atom. The van der Waals surface area contributed by atoms with Gasteiger partial charge in [0.05, 0.1) is 11.4 Å². The highest BCUT2D eigenvalue weighted by atomic mass is 14.8. The molecule has 6 aromatic carbocycles. The third-order valence-corrected chi connectivity index (χ3v) is 6.25. The smallest absolute Gasteiger partial charge is 0.0973 e. The topological polar surface area (TPSA) is 24.7 Å². The van der Waals surface area contributed by atoms with Crippen molar-refractivity contribution in [1.82, 2.24) is 0 Å². The van der Waals surface area contributed by atoms with Crippen LogP contribution in [0.2, 0.25) is 0 Å². The Morgan fingerprint density at radius 1 is 0.548 bits per heavy atom. The van der Waals surface area contributed by atoms with E-state index in [1.54, 1.807) is 0 Å². The molecule has 0 aliphatic rings. The predicted octanol–water partition coefficient (Wildman–Crippen LogP) is 8.51. The molecule has 0 bridgehead atoms. The van der Waals surface area contributed by atoms with Gasteiger partial charge in [-0.2, -0.15) is 0 Å². The minimum atomic E-state index is 0.845. The Bertz CT molecular complexity index is 1710. The zero-order chi connectivity index (χ0) is 20.9. The first-order valence-corrected chi connectivity index (χ1v) is 10.5. The fourth-order valence-corrected chi connectivity index (χ4v) is 5.05. The predicted molar refractivity (Wildman–Crippen MR) is 137 cm³/mol. The lowest BCUT2D eigenvalue weighted by Crippen LogP contribution is -1.88. The van der Waals surface area contributed by atoms with E-state index in [4.69, 9.17) is 4.99 Å². The third-order valence-electron chi connectivity index (χ3n) is 6.25. The van der Waals surface area contributed by atoms with Crippen molar-refractivity contribution in [1.29, 1.82) is 0 Å². The highest BCUT2D eigenvalue weighted by molar-refractivity contribution is 6.38. The maximum Gasteiger partial charge on any atom is 0.0973 e. The van der Waals surface area contributed by atoms with Gasteiger partial charge in [0.1, 0.15) is 0 Å². The molecule has 0 aliphatic carbocycles. The summed E-state index contributed by atoms with van der Waals surface area (Å²) in [5.41, 5.74) is 1.73. The number of aliphatic imine (C=N–C) groups is 2. The van der Waals surface area contributed by atoms with Crippen LogP contribution in [0.3, 0.4) is 0 Å². The van der Waals surface area contributed by atoms with Gasteiger partial charge in [0.2, 0.25) is 0 Å². The van der Waals surface area contributed by atoms with Gasteiger partial charge in [-0.25, -0.2) is 0 Å². The second kappa shape index (κ2) is 6.75. The third kappa shape index (κ3) is 2.39. The minimum Gasteiger partial charge on any atom is -0.262 e. The Labute approximate surface area is 180 Å². The second-order valence-electron chi connectivity index (χ2n) is 7.79. The maximum atomic E-state index is 4.86. The van der Waals surface area contributed by atoms with Gasteiger partial charge >= 0.3 is 0 Å². The van der Waals surface area contributed by atoms with Gasteiger partial charge in [0, 0.05) is 22.4 Å². The lowest BCUT2D eigenvalue weighted by molar-refractivity contribution is 1.53. The van der Waals surface area contributed by atoms with E-state index in [9.17, 15) is 0 Å². The summed E-state index contributed by atoms with van der Waals surface area (Å²) < 4.78 is 0. The fraction of sp³-hybridized carbons (Fsp3) is 0.0345. The molecule has 31 heavy (non-hydrogen) atoms. The second-order valence-corrected chi connectivity index (χ2v) is 7.79. The maximum absolute atomic E-state index is 4.86. The standard InChI is InChI=1S/C29H20N2/c1-3-31-29-27-23-15-9-7-13-21(23)20-12-6-8-14-22(20)25(27)24-17-16-18-10-4-5-11-19(18)26(24)28(29)30-2/h3-17H,2H2,1H3. The van der Waals surface area contributed by atoms with Gasteiger partial charge in [0.15, 0.2) is 0 Å². The monoisotopic (exact) mass is 396 g/mol. The van der Waals surface area contributed by atoms with Crippen LogP contribution in [0.1, 0.15) is 6.92 Å². The van der Waals surface area contributed by atoms with Crippen LogP contribution < -0.4 is 0 Å². The highest BCUT2D eigenvalue weighted by Gasteiger charge is 2.20. The zero-order valence-corrected chi connectivity index (χ0v) is 17.3. The molecule has 0 amide bonds. The summed E-state index contributed by atoms with van der Waals surface area (Å²) in [6, 6.07) is 30.2. The molecule has 0 radical (unpaired) electrons. The SMILES string of the molecule is C=Nc1c(N=CC)c2c3ccccc3c3ccccc3c2c2ccc3ccccc3c12. The van der Waals surface area contributed by atoms with Crippen LogP contribution in [0.15, 0.2) is 94.9 Å². The van der Waals surface area contributed by atoms with E-state index >= 15 is 0 Å². The first-order valence-electron chi connectivity index (χ1n) is 10.5. The molecule has 0 spiro atoms. The van der Waals surface area contributed by atoms with Crippen LogP contribution in [-0.4, -0.2) is 12.9 Å². The molecule has 0 saturated heterocycles. The molecule has 0 atom stereocenters. The molecule has 0 heterocycles. The Balaban J connectivity index is 2.08. The number of benzene rings is 6. The van der Waals surface area contributed by atoms with Crippen LogP contribution in [0.25, 0.3) is 53.9 Å². The van der Waals surface area contributed by atoms with Gasteiger partial charge in [-0.1, -0.05) is 84.9 Å². The molecule has 0 aliphatic heterocycles. The number of nitrogens with zero attached hydrogens (tertiary/aromatic N) is 2. The van der Waals surface area contributed by atoms with Crippen molar-refractivity contribution in [2.75, 3.05) is 0 Å². The van der Waals surface area contributed by atoms with Crippen molar-refractivity contribution in [3.8, 4) is 0 Å². The summed E-state index contributed by atoms with van der Waals surface area (Å²) in [4.78, 5) is 9.40. The summed E-state index contributed by atoms with van der Waals surface area (Å²) in [6.45, 7) is 5.91. The Morgan fingerprint density at radius 2 is 1.13 bits per heavy atom. The van der Waals surface area contributed by atoms with Gasteiger partial charge < -0.3 is 0 Å². The Kier molecular flexibility index (Phi) is 3.87. The first kappa shape index (κ1) is 17.8. The summed E-state index contributed by atoms with van der Waals surface area (Å²) in [5, 5.41) is 11.9. The van der Waals surface area contributed by atoms with Crippen molar-refractivity contribution in [2.45, 2.75) is 6.92 Å². The van der Waals surface area contributed by atoms with Crippen LogP contribution in [-0.2, 0) is 0 Å². The van der Waals surface area contributed by atoms with E-state index in [1.165, 1.54) is 43.1 Å². The molecule has 2 heteroatoms. The number of rotatable bonds is 2. The summed E-state index contributed by atoms with van der Waals surface area (Å²) >= 11 is 0. The van der Waals surface area contributed by atoms with Crippen LogP contribution in [0.5, 0.6) is 0 Å². The fourth-order valence-electron chi connectivity index (χ4n) is 5.05. The van der Waals surface area contributed by atoms with Crippen molar-refractivity contribution in [3.05, 3.63) is 84.9 Å². The van der Waals surface area contributed by atoms with E-state index in [-0.39, 0.29) is 0 Å². The highest BCUT2D eigenvalue weighted by Crippen LogP contribution is 2.50. The number of hydrogen-bond donors (Lipinski definition) is 0. The Hall–Kier alpha value is -4.04. The molecule has 6 aromatic rings. The molecular formula is C29H20N2. The van der Waals surface area contributed by atoms with E-state index < -0.39 is 0 Å². The van der Waals surface area contributed by atoms with E-state index in [0.717, 1.165) is 22.1 Å². The average molecular weight is 396 g/mol. The van der Waals surface area contributed by atoms with Gasteiger partial charge in [0.25, 0.3) is 0 Å². The average Bonchev–Trinajstić information content (AvgIpc) is 2.83. The van der Waals surface area contributed by atoms with Crippen molar-refractivity contribution in [3.63, 3.8) is 0 Å². The molecule has 2 nitrogen and oxygen atoms in total. The normalized spacial score (nSPS) is 12.0. The summed E-state index contributed by atoms with van der Waals surface area (Å²) in [6.07, 6.45) is 1.85. The quantitative estimate of drug-likeness (QED) is 0.207. The van der Waals surface area contributed by atoms with E-state index in [0.29, 0.717) is 0 Å². The van der Waals surface area contributed by atoms with Crippen LogP contribution >= 0.6 is 0 Å². The van der Waals surface area contributed by atoms with Gasteiger partial charge in [-0.15, -0.1) is 0 Å². The summed E-state index contributed by atoms with van der Waals surface area (Å²) in [7, 11) is 0. The number of fused-ring (bicyclic) bond motifs is 10. The van der Waals surface area contributed by atoms with Crippen molar-refractivity contribution in [2.24, 2.45) is 9.98 Å². The molecular weight excluding hydrogens is 376 g/mol. The van der Waals surface area contributed by atoms with Crippen LogP contribution in [0.4, 0.5) is 11.4 Å². The number of hydrogen-bond acceptors (Lipinski definition) is 2. The molecule has 0 fully saturated rings. The molecule has 0 saturated carbocycles. The minimum absolute atomic E-state index is 0.845. The van der Waals surface area contributed by atoms with Gasteiger partial charge in [-0.05, 0) is 51.3 Å². The van der Waals surface area contributed by atoms with E-state index in [1.807, 2.05) is 13.1 Å². The lowest BCUT2D eigenvalue weighted by atomic mass is 9.88. The largest absolute Gasteiger partial charge is 0.262 e.